The lowest BCUT2D eigenvalue weighted by Crippen LogP contribution is -2.27. The highest BCUT2D eigenvalue weighted by Gasteiger charge is 2.20. The monoisotopic (exact) mass is 263 g/mol. The summed E-state index contributed by atoms with van der Waals surface area (Å²) in [7, 11) is 2.09. The van der Waals surface area contributed by atoms with Crippen LogP contribution in [-0.4, -0.2) is 42.7 Å². The van der Waals surface area contributed by atoms with Crippen molar-refractivity contribution >= 4 is 11.6 Å². The van der Waals surface area contributed by atoms with Gasteiger partial charge in [0.2, 0.25) is 0 Å². The van der Waals surface area contributed by atoms with Crippen LogP contribution in [0, 0.1) is 5.92 Å². The van der Waals surface area contributed by atoms with E-state index in [1.54, 1.807) is 6.33 Å². The van der Waals surface area contributed by atoms with E-state index in [0.29, 0.717) is 5.92 Å². The zero-order valence-corrected chi connectivity index (χ0v) is 12.2. The molecule has 1 atom stereocenters. The van der Waals surface area contributed by atoms with Gasteiger partial charge in [-0.1, -0.05) is 13.8 Å². The van der Waals surface area contributed by atoms with Gasteiger partial charge < -0.3 is 15.5 Å². The molecule has 0 amide bonds. The van der Waals surface area contributed by atoms with Crippen molar-refractivity contribution in [3.05, 3.63) is 12.4 Å². The highest BCUT2D eigenvalue weighted by atomic mass is 15.2. The van der Waals surface area contributed by atoms with Gasteiger partial charge >= 0.3 is 0 Å². The molecular formula is C14H25N5. The van der Waals surface area contributed by atoms with E-state index in [2.05, 4.69) is 46.7 Å². The van der Waals surface area contributed by atoms with Gasteiger partial charge in [0.15, 0.2) is 0 Å². The molecule has 2 rings (SSSR count). The van der Waals surface area contributed by atoms with E-state index >= 15 is 0 Å². The van der Waals surface area contributed by atoms with Crippen molar-refractivity contribution in [2.75, 3.05) is 36.5 Å². The molecular weight excluding hydrogens is 238 g/mol. The molecule has 1 aromatic rings. The van der Waals surface area contributed by atoms with Crippen molar-refractivity contribution in [3.8, 4) is 0 Å². The summed E-state index contributed by atoms with van der Waals surface area (Å²) < 4.78 is 0. The van der Waals surface area contributed by atoms with E-state index in [1.807, 2.05) is 0 Å². The normalized spacial score (nSPS) is 19.2. The molecule has 0 aromatic carbocycles. The summed E-state index contributed by atoms with van der Waals surface area (Å²) in [6.07, 6.45) is 3.87. The molecule has 5 heteroatoms. The first kappa shape index (κ1) is 14.1. The second kappa shape index (κ2) is 6.19. The molecule has 1 aromatic heterocycles. The summed E-state index contributed by atoms with van der Waals surface area (Å²) in [5.74, 6) is 2.70. The summed E-state index contributed by atoms with van der Waals surface area (Å²) >= 11 is 0. The summed E-state index contributed by atoms with van der Waals surface area (Å²) in [4.78, 5) is 13.2. The Morgan fingerprint density at radius 3 is 2.89 bits per heavy atom. The van der Waals surface area contributed by atoms with Crippen molar-refractivity contribution < 1.29 is 0 Å². The van der Waals surface area contributed by atoms with Crippen LogP contribution in [0.4, 0.5) is 11.6 Å². The van der Waals surface area contributed by atoms with E-state index in [4.69, 9.17) is 5.73 Å². The van der Waals surface area contributed by atoms with Gasteiger partial charge in [-0.25, -0.2) is 9.97 Å². The lowest BCUT2D eigenvalue weighted by molar-refractivity contribution is 0.583. The van der Waals surface area contributed by atoms with Crippen molar-refractivity contribution in [1.29, 1.82) is 0 Å². The van der Waals surface area contributed by atoms with Gasteiger partial charge in [0.05, 0.1) is 0 Å². The second-order valence-electron chi connectivity index (χ2n) is 5.83. The van der Waals surface area contributed by atoms with Gasteiger partial charge in [-0.3, -0.25) is 0 Å². The fourth-order valence-corrected chi connectivity index (χ4v) is 2.28. The average molecular weight is 263 g/mol. The maximum atomic E-state index is 5.95. The molecule has 0 spiro atoms. The predicted octanol–water partition coefficient (Wildman–Crippen LogP) is 1.50. The Bertz CT molecular complexity index is 407. The number of anilines is 2. The maximum Gasteiger partial charge on any atom is 0.134 e. The molecule has 106 valence electrons. The van der Waals surface area contributed by atoms with Crippen LogP contribution in [0.2, 0.25) is 0 Å². The molecule has 1 fully saturated rings. The fourth-order valence-electron chi connectivity index (χ4n) is 2.28. The largest absolute Gasteiger partial charge is 0.360 e. The molecule has 2 heterocycles. The minimum absolute atomic E-state index is 0.275. The van der Waals surface area contributed by atoms with E-state index in [1.165, 1.54) is 6.42 Å². The molecule has 19 heavy (non-hydrogen) atoms. The Morgan fingerprint density at radius 2 is 2.26 bits per heavy atom. The summed E-state index contributed by atoms with van der Waals surface area (Å²) in [6.45, 7) is 7.39. The van der Waals surface area contributed by atoms with Gasteiger partial charge in [0.25, 0.3) is 0 Å². The van der Waals surface area contributed by atoms with Crippen molar-refractivity contribution in [1.82, 2.24) is 9.97 Å². The zero-order valence-electron chi connectivity index (χ0n) is 12.2. The van der Waals surface area contributed by atoms with Crippen molar-refractivity contribution in [3.63, 3.8) is 0 Å². The third kappa shape index (κ3) is 3.80. The summed E-state index contributed by atoms with van der Waals surface area (Å²) in [6, 6.07) is 2.34. The fraction of sp³-hybridized carbons (Fsp3) is 0.714. The maximum absolute atomic E-state index is 5.95. The molecule has 5 nitrogen and oxygen atoms in total. The summed E-state index contributed by atoms with van der Waals surface area (Å²) in [5.41, 5.74) is 5.95. The smallest absolute Gasteiger partial charge is 0.134 e. The van der Waals surface area contributed by atoms with E-state index in [9.17, 15) is 0 Å². The topological polar surface area (TPSA) is 58.3 Å². The Kier molecular flexibility index (Phi) is 4.58. The van der Waals surface area contributed by atoms with Gasteiger partial charge in [-0.15, -0.1) is 0 Å². The molecule has 0 saturated carbocycles. The van der Waals surface area contributed by atoms with Crippen LogP contribution >= 0.6 is 0 Å². The van der Waals surface area contributed by atoms with E-state index < -0.39 is 0 Å². The zero-order chi connectivity index (χ0) is 13.8. The van der Waals surface area contributed by atoms with Crippen LogP contribution in [0.25, 0.3) is 0 Å². The number of hydrogen-bond acceptors (Lipinski definition) is 5. The number of hydrogen-bond donors (Lipinski definition) is 1. The number of aromatic nitrogens is 2. The van der Waals surface area contributed by atoms with Crippen LogP contribution in [-0.2, 0) is 0 Å². The quantitative estimate of drug-likeness (QED) is 0.872. The van der Waals surface area contributed by atoms with Gasteiger partial charge in [-0.05, 0) is 18.8 Å². The molecule has 1 unspecified atom stereocenters. The molecule has 0 radical (unpaired) electrons. The molecule has 1 aliphatic rings. The molecule has 2 N–H and O–H groups in total. The van der Waals surface area contributed by atoms with Crippen LogP contribution in [0.15, 0.2) is 12.4 Å². The Morgan fingerprint density at radius 1 is 1.47 bits per heavy atom. The minimum atomic E-state index is 0.275. The standard InChI is InChI=1S/C14H25N5/c1-11(2)4-6-18(3)13-8-14(17-10-16-13)19-7-5-12(15)9-19/h8,10-12H,4-7,9,15H2,1-3H3. The molecule has 0 aliphatic carbocycles. The Hall–Kier alpha value is -1.36. The molecule has 0 bridgehead atoms. The average Bonchev–Trinajstić information content (AvgIpc) is 2.83. The van der Waals surface area contributed by atoms with Crippen LogP contribution < -0.4 is 15.5 Å². The lowest BCUT2D eigenvalue weighted by Gasteiger charge is -2.22. The first-order chi connectivity index (χ1) is 9.06. The van der Waals surface area contributed by atoms with Crippen LogP contribution in [0.3, 0.4) is 0 Å². The van der Waals surface area contributed by atoms with Crippen molar-refractivity contribution in [2.45, 2.75) is 32.7 Å². The lowest BCUT2D eigenvalue weighted by atomic mass is 10.1. The third-order valence-corrected chi connectivity index (χ3v) is 3.62. The SMILES string of the molecule is CC(C)CCN(C)c1cc(N2CCC(N)C2)ncn1. The Balaban J connectivity index is 2.02. The highest BCUT2D eigenvalue weighted by molar-refractivity contribution is 5.50. The van der Waals surface area contributed by atoms with Gasteiger partial charge in [0, 0.05) is 38.8 Å². The van der Waals surface area contributed by atoms with Gasteiger partial charge in [-0.2, -0.15) is 0 Å². The number of nitrogens with two attached hydrogens (primary N) is 1. The molecule has 1 aliphatic heterocycles. The predicted molar refractivity (Wildman–Crippen MR) is 79.6 cm³/mol. The van der Waals surface area contributed by atoms with E-state index in [0.717, 1.165) is 37.7 Å². The number of rotatable bonds is 5. The highest BCUT2D eigenvalue weighted by Crippen LogP contribution is 2.20. The second-order valence-corrected chi connectivity index (χ2v) is 5.83. The van der Waals surface area contributed by atoms with E-state index in [-0.39, 0.29) is 6.04 Å². The van der Waals surface area contributed by atoms with Crippen LogP contribution in [0.5, 0.6) is 0 Å². The molecule has 1 saturated heterocycles. The van der Waals surface area contributed by atoms with Gasteiger partial charge in [0.1, 0.15) is 18.0 Å². The Labute approximate surface area is 115 Å². The third-order valence-electron chi connectivity index (χ3n) is 3.62. The first-order valence-electron chi connectivity index (χ1n) is 7.10. The minimum Gasteiger partial charge on any atom is -0.360 e. The van der Waals surface area contributed by atoms with Crippen molar-refractivity contribution in [2.24, 2.45) is 11.7 Å². The summed E-state index contributed by atoms with van der Waals surface area (Å²) in [5, 5.41) is 0. The van der Waals surface area contributed by atoms with Crippen LogP contribution in [0.1, 0.15) is 26.7 Å². The first-order valence-corrected chi connectivity index (χ1v) is 7.10. The number of nitrogens with zero attached hydrogens (tertiary/aromatic N) is 4.